The second kappa shape index (κ2) is 11.9. The molecule has 11 heteroatoms. The largest absolute Gasteiger partial charge is 0.392 e. The Morgan fingerprint density at radius 2 is 1.91 bits per heavy atom. The van der Waals surface area contributed by atoms with Gasteiger partial charge in [-0.05, 0) is 80.2 Å². The predicted octanol–water partition coefficient (Wildman–Crippen LogP) is 4.42. The van der Waals surface area contributed by atoms with Crippen LogP contribution in [0.25, 0.3) is 33.3 Å². The van der Waals surface area contributed by atoms with E-state index in [1.807, 2.05) is 18.3 Å². The predicted molar refractivity (Wildman–Crippen MR) is 169 cm³/mol. The number of allylic oxidation sites excluding steroid dienone is 1. The molecule has 224 valence electrons. The molecule has 0 aliphatic carbocycles. The monoisotopic (exact) mass is 593 g/mol. The normalized spacial score (nSPS) is 13.7. The molecule has 44 heavy (non-hydrogen) atoms. The van der Waals surface area contributed by atoms with Crippen molar-refractivity contribution in [1.82, 2.24) is 29.9 Å². The lowest BCUT2D eigenvalue weighted by Gasteiger charge is -2.22. The van der Waals surface area contributed by atoms with Gasteiger partial charge in [0.1, 0.15) is 17.3 Å². The van der Waals surface area contributed by atoms with Crippen molar-refractivity contribution >= 4 is 27.9 Å². The van der Waals surface area contributed by atoms with E-state index in [1.54, 1.807) is 37.3 Å². The van der Waals surface area contributed by atoms with Crippen molar-refractivity contribution in [3.8, 4) is 16.9 Å². The van der Waals surface area contributed by atoms with Crippen molar-refractivity contribution in [3.05, 3.63) is 111 Å². The van der Waals surface area contributed by atoms with Crippen molar-refractivity contribution in [2.24, 2.45) is 7.05 Å². The van der Waals surface area contributed by atoms with E-state index in [9.17, 15) is 14.7 Å². The molecule has 0 saturated carbocycles. The van der Waals surface area contributed by atoms with Crippen molar-refractivity contribution in [2.75, 3.05) is 18.4 Å². The Morgan fingerprint density at radius 3 is 2.61 bits per heavy atom. The zero-order valence-electron chi connectivity index (χ0n) is 24.5. The third-order valence-corrected chi connectivity index (χ3v) is 8.07. The molecule has 1 aliphatic rings. The number of benzene rings is 2. The number of nitrogens with zero attached hydrogens (tertiary/aromatic N) is 5. The van der Waals surface area contributed by atoms with Crippen molar-refractivity contribution in [2.45, 2.75) is 32.3 Å². The lowest BCUT2D eigenvalue weighted by molar-refractivity contribution is 0.281. The number of halogens is 1. The highest BCUT2D eigenvalue weighted by Gasteiger charge is 2.19. The molecule has 2 aromatic carbocycles. The first kappa shape index (κ1) is 29.1. The number of aromatic nitrogens is 5. The highest BCUT2D eigenvalue weighted by Crippen LogP contribution is 2.29. The third-order valence-electron chi connectivity index (χ3n) is 8.07. The molecule has 0 unspecified atom stereocenters. The van der Waals surface area contributed by atoms with Crippen molar-refractivity contribution in [1.29, 1.82) is 0 Å². The van der Waals surface area contributed by atoms with Crippen LogP contribution in [0, 0.1) is 5.82 Å². The van der Waals surface area contributed by atoms with E-state index in [2.05, 4.69) is 32.4 Å². The van der Waals surface area contributed by atoms with Crippen LogP contribution in [0.5, 0.6) is 0 Å². The van der Waals surface area contributed by atoms with Gasteiger partial charge in [0, 0.05) is 29.8 Å². The second-order valence-corrected chi connectivity index (χ2v) is 11.0. The lowest BCUT2D eigenvalue weighted by Crippen LogP contribution is -2.26. The van der Waals surface area contributed by atoms with Gasteiger partial charge in [0.25, 0.3) is 11.1 Å². The number of fused-ring (bicyclic) bond motifs is 1. The van der Waals surface area contributed by atoms with Crippen LogP contribution in [-0.2, 0) is 13.7 Å². The number of nitrogens with one attached hydrogen (secondary N) is 2. The third kappa shape index (κ3) is 5.43. The number of hydrogen-bond acceptors (Lipinski definition) is 8. The molecule has 6 rings (SSSR count). The lowest BCUT2D eigenvalue weighted by atomic mass is 9.91. The minimum Gasteiger partial charge on any atom is -0.392 e. The Hall–Kier alpha value is -5.00. The van der Waals surface area contributed by atoms with Crippen LogP contribution in [0.2, 0.25) is 0 Å². The summed E-state index contributed by atoms with van der Waals surface area (Å²) in [7, 11) is 1.53. The van der Waals surface area contributed by atoms with E-state index in [4.69, 9.17) is 0 Å². The number of aliphatic hydroxyl groups is 1. The summed E-state index contributed by atoms with van der Waals surface area (Å²) in [5.41, 5.74) is 3.06. The first-order chi connectivity index (χ1) is 21.2. The van der Waals surface area contributed by atoms with Gasteiger partial charge >= 0.3 is 0 Å². The Balaban J connectivity index is 1.38. The Labute approximate surface area is 252 Å². The van der Waals surface area contributed by atoms with Gasteiger partial charge in [0.15, 0.2) is 0 Å². The number of anilines is 2. The van der Waals surface area contributed by atoms with Crippen LogP contribution < -0.4 is 21.8 Å². The summed E-state index contributed by atoms with van der Waals surface area (Å²) in [5, 5.41) is 25.9. The summed E-state index contributed by atoms with van der Waals surface area (Å²) in [5.74, 6) is 0.283. The number of rotatable bonds is 7. The molecule has 1 fully saturated rings. The molecule has 5 aromatic rings. The molecular formula is C33H32FN7O3. The van der Waals surface area contributed by atoms with E-state index in [0.29, 0.717) is 45.1 Å². The molecular weight excluding hydrogens is 561 g/mol. The first-order valence-electron chi connectivity index (χ1n) is 14.4. The minimum atomic E-state index is -0.684. The maximum absolute atomic E-state index is 15.1. The van der Waals surface area contributed by atoms with Gasteiger partial charge in [-0.2, -0.15) is 14.9 Å². The highest BCUT2D eigenvalue weighted by molar-refractivity contribution is 5.85. The quantitative estimate of drug-likeness (QED) is 0.253. The van der Waals surface area contributed by atoms with Gasteiger partial charge in [-0.15, -0.1) is 0 Å². The maximum atomic E-state index is 15.1. The van der Waals surface area contributed by atoms with Crippen LogP contribution in [0.3, 0.4) is 0 Å². The molecule has 4 heterocycles. The van der Waals surface area contributed by atoms with Crippen molar-refractivity contribution < 1.29 is 9.50 Å². The Kier molecular flexibility index (Phi) is 7.90. The van der Waals surface area contributed by atoms with E-state index < -0.39 is 18.0 Å². The Morgan fingerprint density at radius 1 is 1.11 bits per heavy atom. The number of piperidine rings is 1. The second-order valence-electron chi connectivity index (χ2n) is 11.0. The topological polar surface area (TPSA) is 127 Å². The standard InChI is InChI=1S/C33H32FN7O3/c1-19(2)22-13-23-17-37-41(33(44)31(23)26(34)14-22)29-6-4-5-24(25(29)18-42)27-15-28(32(43)40(3)39-27)38-30-8-7-21(16-36-30)20-9-11-35-12-10-20/h4-8,13-17,20,35,42H,1,9-12,18H2,2-3H3,(H,36,38). The van der Waals surface area contributed by atoms with E-state index in [1.165, 1.54) is 29.6 Å². The summed E-state index contributed by atoms with van der Waals surface area (Å²) >= 11 is 0. The molecule has 1 aliphatic heterocycles. The van der Waals surface area contributed by atoms with Crippen LogP contribution in [0.15, 0.2) is 77.1 Å². The molecule has 3 aromatic heterocycles. The molecule has 3 N–H and O–H groups in total. The smallest absolute Gasteiger partial charge is 0.290 e. The zero-order valence-corrected chi connectivity index (χ0v) is 24.5. The fourth-order valence-corrected chi connectivity index (χ4v) is 5.67. The van der Waals surface area contributed by atoms with Gasteiger partial charge in [0.2, 0.25) is 0 Å². The molecule has 0 atom stereocenters. The minimum absolute atomic E-state index is 0.121. The number of pyridine rings is 1. The van der Waals surface area contributed by atoms with Gasteiger partial charge in [-0.1, -0.05) is 30.4 Å². The summed E-state index contributed by atoms with van der Waals surface area (Å²) in [6.45, 7) is 7.10. The van der Waals surface area contributed by atoms with E-state index >= 15 is 4.39 Å². The summed E-state index contributed by atoms with van der Waals surface area (Å²) in [6, 6.07) is 13.4. The average Bonchev–Trinajstić information content (AvgIpc) is 3.03. The number of aryl methyl sites for hydroxylation is 1. The number of hydrogen-bond donors (Lipinski definition) is 3. The van der Waals surface area contributed by atoms with Gasteiger partial charge < -0.3 is 15.7 Å². The summed E-state index contributed by atoms with van der Waals surface area (Å²) in [6.07, 6.45) is 5.37. The fourth-order valence-electron chi connectivity index (χ4n) is 5.67. The average molecular weight is 594 g/mol. The molecule has 0 spiro atoms. The van der Waals surface area contributed by atoms with E-state index in [0.717, 1.165) is 30.6 Å². The first-order valence-corrected chi connectivity index (χ1v) is 14.4. The van der Waals surface area contributed by atoms with Crippen molar-refractivity contribution in [3.63, 3.8) is 0 Å². The zero-order chi connectivity index (χ0) is 31.0. The van der Waals surface area contributed by atoms with Gasteiger partial charge in [0.05, 0.1) is 29.6 Å². The molecule has 0 radical (unpaired) electrons. The molecule has 1 saturated heterocycles. The highest BCUT2D eigenvalue weighted by atomic mass is 19.1. The van der Waals surface area contributed by atoms with Crippen LogP contribution in [-0.4, -0.2) is 42.7 Å². The summed E-state index contributed by atoms with van der Waals surface area (Å²) in [4.78, 5) is 31.1. The fraction of sp³-hybridized carbons (Fsp3) is 0.242. The van der Waals surface area contributed by atoms with Crippen LogP contribution in [0.1, 0.15) is 42.4 Å². The number of aliphatic hydroxyl groups excluding tert-OH is 1. The molecule has 10 nitrogen and oxygen atoms in total. The van der Waals surface area contributed by atoms with Crippen LogP contribution in [0.4, 0.5) is 15.9 Å². The van der Waals surface area contributed by atoms with Gasteiger partial charge in [-0.25, -0.2) is 14.1 Å². The van der Waals surface area contributed by atoms with E-state index in [-0.39, 0.29) is 22.3 Å². The SMILES string of the molecule is C=C(C)c1cc(F)c2c(=O)n(-c3cccc(-c4cc(Nc5ccc(C6CCNCC6)cn5)c(=O)n(C)n4)c3CO)ncc2c1. The van der Waals surface area contributed by atoms with Crippen LogP contribution >= 0.6 is 0 Å². The Bertz CT molecular complexity index is 2010. The molecule has 0 amide bonds. The molecule has 0 bridgehead atoms. The maximum Gasteiger partial charge on any atom is 0.290 e. The van der Waals surface area contributed by atoms with Gasteiger partial charge in [-0.3, -0.25) is 9.59 Å². The summed E-state index contributed by atoms with van der Waals surface area (Å²) < 4.78 is 17.4.